The van der Waals surface area contributed by atoms with Crippen LogP contribution in [-0.2, 0) is 6.61 Å². The monoisotopic (exact) mass is 384 g/mol. The first kappa shape index (κ1) is 19.8. The molecule has 1 aliphatic rings. The first-order valence-corrected chi connectivity index (χ1v) is 10.4. The second kappa shape index (κ2) is 9.31. The summed E-state index contributed by atoms with van der Waals surface area (Å²) in [7, 11) is 0. The van der Waals surface area contributed by atoms with E-state index in [0.717, 1.165) is 30.0 Å². The fraction of sp³-hybridized carbons (Fsp3) is 0.409. The predicted molar refractivity (Wildman–Crippen MR) is 112 cm³/mol. The van der Waals surface area contributed by atoms with Crippen molar-refractivity contribution in [2.24, 2.45) is 5.92 Å². The van der Waals surface area contributed by atoms with Gasteiger partial charge in [-0.2, -0.15) is 0 Å². The van der Waals surface area contributed by atoms with E-state index in [0.29, 0.717) is 17.6 Å². The van der Waals surface area contributed by atoms with E-state index in [-0.39, 0.29) is 12.5 Å². The van der Waals surface area contributed by atoms with Crippen LogP contribution >= 0.6 is 11.3 Å². The maximum atomic E-state index is 12.6. The van der Waals surface area contributed by atoms with Crippen LogP contribution in [0.2, 0.25) is 0 Å². The zero-order valence-corrected chi connectivity index (χ0v) is 16.8. The molecule has 0 saturated carbocycles. The summed E-state index contributed by atoms with van der Waals surface area (Å²) < 4.78 is 0. The molecule has 2 N–H and O–H groups in total. The number of hydrogen-bond acceptors (Lipinski definition) is 4. The highest BCUT2D eigenvalue weighted by Crippen LogP contribution is 2.36. The Morgan fingerprint density at radius 1 is 1.37 bits per heavy atom. The number of carbonyl (C=O) groups excluding carboxylic acids is 1. The van der Waals surface area contributed by atoms with Gasteiger partial charge < -0.3 is 10.4 Å². The quantitative estimate of drug-likeness (QED) is 0.672. The number of amides is 1. The molecule has 1 aromatic carbocycles. The number of nitrogens with one attached hydrogen (secondary N) is 1. The SMILES string of the molecule is CC(C)/C=C/CN1CCCC1c1ccc(C(=O)Nc2cccc(CO)c2)s1. The van der Waals surface area contributed by atoms with Crippen molar-refractivity contribution in [2.45, 2.75) is 39.3 Å². The number of allylic oxidation sites excluding steroid dienone is 1. The largest absolute Gasteiger partial charge is 0.392 e. The van der Waals surface area contributed by atoms with Crippen LogP contribution in [-0.4, -0.2) is 29.0 Å². The number of benzene rings is 1. The van der Waals surface area contributed by atoms with Crippen LogP contribution in [0.1, 0.15) is 52.8 Å². The Morgan fingerprint density at radius 2 is 2.22 bits per heavy atom. The maximum Gasteiger partial charge on any atom is 0.265 e. The second-order valence-electron chi connectivity index (χ2n) is 7.34. The molecule has 4 nitrogen and oxygen atoms in total. The summed E-state index contributed by atoms with van der Waals surface area (Å²) in [5.74, 6) is 0.484. The fourth-order valence-corrected chi connectivity index (χ4v) is 4.50. The van der Waals surface area contributed by atoms with Gasteiger partial charge in [0.25, 0.3) is 5.91 Å². The van der Waals surface area contributed by atoms with Crippen molar-refractivity contribution in [3.05, 3.63) is 63.9 Å². The standard InChI is InChI=1S/C22H28N2O2S/c1-16(2)6-4-12-24-13-5-9-19(24)20-10-11-21(27-20)22(26)23-18-8-3-7-17(14-18)15-25/h3-4,6-8,10-11,14,16,19,25H,5,9,12-13,15H2,1-2H3,(H,23,26)/b6-4+. The topological polar surface area (TPSA) is 52.6 Å². The van der Waals surface area contributed by atoms with Crippen molar-refractivity contribution in [3.8, 4) is 0 Å². The van der Waals surface area contributed by atoms with E-state index >= 15 is 0 Å². The zero-order valence-electron chi connectivity index (χ0n) is 16.0. The van der Waals surface area contributed by atoms with Crippen molar-refractivity contribution in [1.29, 1.82) is 0 Å². The van der Waals surface area contributed by atoms with Crippen LogP contribution in [0.3, 0.4) is 0 Å². The smallest absolute Gasteiger partial charge is 0.265 e. The van der Waals surface area contributed by atoms with Gasteiger partial charge in [-0.25, -0.2) is 0 Å². The number of nitrogens with zero attached hydrogens (tertiary/aromatic N) is 1. The lowest BCUT2D eigenvalue weighted by Crippen LogP contribution is -2.22. The van der Waals surface area contributed by atoms with Gasteiger partial charge in [-0.05, 0) is 55.1 Å². The first-order chi connectivity index (χ1) is 13.1. The van der Waals surface area contributed by atoms with Gasteiger partial charge in [0, 0.05) is 23.2 Å². The molecule has 1 amide bonds. The lowest BCUT2D eigenvalue weighted by atomic mass is 10.1. The fourth-order valence-electron chi connectivity index (χ4n) is 3.43. The highest BCUT2D eigenvalue weighted by atomic mass is 32.1. The van der Waals surface area contributed by atoms with Crippen molar-refractivity contribution in [3.63, 3.8) is 0 Å². The van der Waals surface area contributed by atoms with Crippen LogP contribution in [0.15, 0.2) is 48.6 Å². The third-order valence-corrected chi connectivity index (χ3v) is 5.96. The van der Waals surface area contributed by atoms with Crippen molar-refractivity contribution in [1.82, 2.24) is 4.90 Å². The average Bonchev–Trinajstić information content (AvgIpc) is 3.30. The molecule has 1 unspecified atom stereocenters. The maximum absolute atomic E-state index is 12.6. The van der Waals surface area contributed by atoms with Crippen LogP contribution in [0.4, 0.5) is 5.69 Å². The summed E-state index contributed by atoms with van der Waals surface area (Å²) in [6.45, 7) is 6.43. The number of hydrogen-bond donors (Lipinski definition) is 2. The molecular formula is C22H28N2O2S. The summed E-state index contributed by atoms with van der Waals surface area (Å²) in [5.41, 5.74) is 1.50. The molecule has 3 rings (SSSR count). The van der Waals surface area contributed by atoms with Gasteiger partial charge in [0.1, 0.15) is 0 Å². The summed E-state index contributed by atoms with van der Waals surface area (Å²) in [6, 6.07) is 11.7. The third-order valence-electron chi connectivity index (χ3n) is 4.77. The number of carbonyl (C=O) groups is 1. The number of anilines is 1. The normalized spacial score (nSPS) is 17.9. The van der Waals surface area contributed by atoms with Crippen molar-refractivity contribution >= 4 is 22.9 Å². The summed E-state index contributed by atoms with van der Waals surface area (Å²) >= 11 is 1.58. The molecule has 0 aliphatic carbocycles. The summed E-state index contributed by atoms with van der Waals surface area (Å²) in [5, 5.41) is 12.2. The minimum atomic E-state index is -0.0920. The number of rotatable bonds is 7. The molecule has 5 heteroatoms. The Hall–Kier alpha value is -1.95. The Bertz CT molecular complexity index is 797. The Labute approximate surface area is 165 Å². The highest BCUT2D eigenvalue weighted by Gasteiger charge is 2.27. The molecule has 2 heterocycles. The van der Waals surface area contributed by atoms with E-state index in [1.165, 1.54) is 11.3 Å². The van der Waals surface area contributed by atoms with E-state index in [1.54, 1.807) is 17.4 Å². The number of likely N-dealkylation sites (tertiary alicyclic amines) is 1. The van der Waals surface area contributed by atoms with Crippen LogP contribution in [0, 0.1) is 5.92 Å². The first-order valence-electron chi connectivity index (χ1n) is 9.58. The number of thiophene rings is 1. The van der Waals surface area contributed by atoms with Crippen molar-refractivity contribution < 1.29 is 9.90 Å². The molecule has 1 saturated heterocycles. The van der Waals surface area contributed by atoms with E-state index in [1.807, 2.05) is 24.3 Å². The van der Waals surface area contributed by atoms with E-state index in [9.17, 15) is 9.90 Å². The highest BCUT2D eigenvalue weighted by molar-refractivity contribution is 7.14. The lowest BCUT2D eigenvalue weighted by molar-refractivity contribution is 0.103. The average molecular weight is 385 g/mol. The van der Waals surface area contributed by atoms with Gasteiger partial charge in [-0.1, -0.05) is 38.1 Å². The predicted octanol–water partition coefficient (Wildman–Crippen LogP) is 4.84. The minimum Gasteiger partial charge on any atom is -0.392 e. The summed E-state index contributed by atoms with van der Waals surface area (Å²) in [4.78, 5) is 17.1. The van der Waals surface area contributed by atoms with Crippen LogP contribution < -0.4 is 5.32 Å². The Kier molecular flexibility index (Phi) is 6.83. The zero-order chi connectivity index (χ0) is 19.2. The molecule has 0 spiro atoms. The molecule has 27 heavy (non-hydrogen) atoms. The molecule has 0 radical (unpaired) electrons. The van der Waals surface area contributed by atoms with Gasteiger partial charge in [0.2, 0.25) is 0 Å². The van der Waals surface area contributed by atoms with Gasteiger partial charge in [-0.15, -0.1) is 11.3 Å². The van der Waals surface area contributed by atoms with E-state index in [4.69, 9.17) is 0 Å². The molecule has 1 aliphatic heterocycles. The minimum absolute atomic E-state index is 0.0321. The van der Waals surface area contributed by atoms with Gasteiger partial charge >= 0.3 is 0 Å². The molecule has 2 aromatic rings. The van der Waals surface area contributed by atoms with Crippen LogP contribution in [0.5, 0.6) is 0 Å². The van der Waals surface area contributed by atoms with Gasteiger partial charge in [0.05, 0.1) is 11.5 Å². The molecular weight excluding hydrogens is 356 g/mol. The van der Waals surface area contributed by atoms with E-state index in [2.05, 4.69) is 42.3 Å². The molecule has 144 valence electrons. The van der Waals surface area contributed by atoms with Crippen LogP contribution in [0.25, 0.3) is 0 Å². The van der Waals surface area contributed by atoms with Gasteiger partial charge in [-0.3, -0.25) is 9.69 Å². The number of aliphatic hydroxyl groups is 1. The Morgan fingerprint density at radius 3 is 3.00 bits per heavy atom. The lowest BCUT2D eigenvalue weighted by Gasteiger charge is -2.22. The van der Waals surface area contributed by atoms with E-state index < -0.39 is 0 Å². The van der Waals surface area contributed by atoms with Gasteiger partial charge in [0.15, 0.2) is 0 Å². The molecule has 1 fully saturated rings. The summed E-state index contributed by atoms with van der Waals surface area (Å²) in [6.07, 6.45) is 6.87. The van der Waals surface area contributed by atoms with Crippen molar-refractivity contribution in [2.75, 3.05) is 18.4 Å². The second-order valence-corrected chi connectivity index (χ2v) is 8.46. The third kappa shape index (κ3) is 5.28. The molecule has 1 atom stereocenters. The Balaban J connectivity index is 1.65. The molecule has 1 aromatic heterocycles. The molecule has 0 bridgehead atoms. The number of aliphatic hydroxyl groups excluding tert-OH is 1.